The number of carbonyl (C=O) groups is 1. The summed E-state index contributed by atoms with van der Waals surface area (Å²) in [5.74, 6) is -0.0205. The van der Waals surface area contributed by atoms with Gasteiger partial charge in [0, 0.05) is 17.0 Å². The highest BCUT2D eigenvalue weighted by Gasteiger charge is 2.18. The lowest BCUT2D eigenvalue weighted by Gasteiger charge is -2.04. The largest absolute Gasteiger partial charge is 0.497 e. The van der Waals surface area contributed by atoms with Crippen molar-refractivity contribution in [2.75, 3.05) is 18.2 Å². The summed E-state index contributed by atoms with van der Waals surface area (Å²) >= 11 is 5.75. The summed E-state index contributed by atoms with van der Waals surface area (Å²) < 4.78 is 35.0. The van der Waals surface area contributed by atoms with E-state index in [1.165, 1.54) is 24.3 Å². The Kier molecular flexibility index (Phi) is 5.96. The monoisotopic (exact) mass is 421 g/mol. The maximum absolute atomic E-state index is 12.3. The third-order valence-corrected chi connectivity index (χ3v) is 5.76. The number of ether oxygens (including phenoxy) is 1. The molecule has 146 valence electrons. The summed E-state index contributed by atoms with van der Waals surface area (Å²) in [6.07, 6.45) is -0.259. The molecule has 0 saturated heterocycles. The molecule has 0 bridgehead atoms. The molecule has 28 heavy (non-hydrogen) atoms. The molecule has 3 rings (SSSR count). The number of nitrogens with one attached hydrogen (secondary N) is 1. The van der Waals surface area contributed by atoms with Crippen LogP contribution in [-0.4, -0.2) is 37.4 Å². The van der Waals surface area contributed by atoms with Crippen molar-refractivity contribution in [1.82, 2.24) is 10.2 Å². The maximum atomic E-state index is 12.3. The molecule has 1 N–H and O–H groups in total. The fourth-order valence-corrected chi connectivity index (χ4v) is 3.66. The summed E-state index contributed by atoms with van der Waals surface area (Å²) in [6, 6.07) is 12.6. The molecule has 10 heteroatoms. The molecule has 1 heterocycles. The molecule has 0 aliphatic heterocycles. The number of sulfone groups is 1. The van der Waals surface area contributed by atoms with Crippen LogP contribution in [0.1, 0.15) is 6.42 Å². The number of hydrogen-bond acceptors (Lipinski definition) is 7. The lowest BCUT2D eigenvalue weighted by molar-refractivity contribution is -0.115. The average Bonchev–Trinajstić information content (AvgIpc) is 3.15. The highest BCUT2D eigenvalue weighted by Crippen LogP contribution is 2.22. The number of halogens is 1. The Balaban J connectivity index is 1.59. The molecule has 0 saturated carbocycles. The second kappa shape index (κ2) is 8.41. The lowest BCUT2D eigenvalue weighted by Crippen LogP contribution is -2.17. The number of aromatic nitrogens is 2. The van der Waals surface area contributed by atoms with Gasteiger partial charge in [-0.1, -0.05) is 16.7 Å². The topological polar surface area (TPSA) is 111 Å². The van der Waals surface area contributed by atoms with E-state index in [9.17, 15) is 13.2 Å². The van der Waals surface area contributed by atoms with Crippen molar-refractivity contribution < 1.29 is 22.4 Å². The predicted molar refractivity (Wildman–Crippen MR) is 103 cm³/mol. The van der Waals surface area contributed by atoms with Crippen molar-refractivity contribution in [3.63, 3.8) is 0 Å². The van der Waals surface area contributed by atoms with E-state index in [1.807, 2.05) is 0 Å². The predicted octanol–water partition coefficient (Wildman–Crippen LogP) is 3.20. The molecule has 0 aliphatic carbocycles. The van der Waals surface area contributed by atoms with Crippen molar-refractivity contribution in [3.8, 4) is 17.2 Å². The first-order valence-electron chi connectivity index (χ1n) is 8.13. The minimum absolute atomic E-state index is 0.101. The first kappa shape index (κ1) is 19.8. The van der Waals surface area contributed by atoms with Crippen LogP contribution in [0.15, 0.2) is 57.8 Å². The van der Waals surface area contributed by atoms with Gasteiger partial charge in [0.15, 0.2) is 9.84 Å². The van der Waals surface area contributed by atoms with Crippen LogP contribution in [0.3, 0.4) is 0 Å². The molecule has 0 atom stereocenters. The van der Waals surface area contributed by atoms with Crippen LogP contribution in [0, 0.1) is 0 Å². The van der Waals surface area contributed by atoms with Crippen molar-refractivity contribution in [1.29, 1.82) is 0 Å². The number of methoxy groups -OCH3 is 1. The average molecular weight is 422 g/mol. The SMILES string of the molecule is COc1ccc(-c2nnc(NC(=O)CCS(=O)(=O)c3ccc(Cl)cc3)o2)cc1. The third kappa shape index (κ3) is 4.87. The van der Waals surface area contributed by atoms with Gasteiger partial charge in [-0.2, -0.15) is 0 Å². The Hall–Kier alpha value is -2.91. The highest BCUT2D eigenvalue weighted by molar-refractivity contribution is 7.91. The Morgan fingerprint density at radius 1 is 1.11 bits per heavy atom. The molecule has 0 fully saturated rings. The summed E-state index contributed by atoms with van der Waals surface area (Å²) in [7, 11) is -2.05. The summed E-state index contributed by atoms with van der Waals surface area (Å²) in [4.78, 5) is 12.1. The number of benzene rings is 2. The molecule has 3 aromatic rings. The van der Waals surface area contributed by atoms with Crippen molar-refractivity contribution in [2.24, 2.45) is 0 Å². The van der Waals surface area contributed by atoms with E-state index in [-0.39, 0.29) is 29.0 Å². The fourth-order valence-electron chi connectivity index (χ4n) is 2.29. The Morgan fingerprint density at radius 3 is 2.43 bits per heavy atom. The molecule has 0 aliphatic rings. The minimum atomic E-state index is -3.61. The van der Waals surface area contributed by atoms with Crippen molar-refractivity contribution in [2.45, 2.75) is 11.3 Å². The van der Waals surface area contributed by atoms with Gasteiger partial charge in [0.2, 0.25) is 11.8 Å². The van der Waals surface area contributed by atoms with Gasteiger partial charge >= 0.3 is 6.01 Å². The van der Waals surface area contributed by atoms with E-state index in [0.717, 1.165) is 0 Å². The first-order chi connectivity index (χ1) is 13.4. The number of nitrogens with zero attached hydrogens (tertiary/aromatic N) is 2. The van der Waals surface area contributed by atoms with Crippen molar-refractivity contribution >= 4 is 33.4 Å². The van der Waals surface area contributed by atoms with Crippen LogP contribution in [0.4, 0.5) is 6.01 Å². The molecule has 2 aromatic carbocycles. The number of carbonyl (C=O) groups excluding carboxylic acids is 1. The molecule has 8 nitrogen and oxygen atoms in total. The van der Waals surface area contributed by atoms with E-state index < -0.39 is 15.7 Å². The smallest absolute Gasteiger partial charge is 0.322 e. The van der Waals surface area contributed by atoms with Crippen LogP contribution >= 0.6 is 11.6 Å². The third-order valence-electron chi connectivity index (χ3n) is 3.78. The standard InChI is InChI=1S/C18H16ClN3O5S/c1-26-14-6-2-12(3-7-14)17-21-22-18(27-17)20-16(23)10-11-28(24,25)15-8-4-13(19)5-9-15/h2-9H,10-11H2,1H3,(H,20,22,23). The summed E-state index contributed by atoms with van der Waals surface area (Å²) in [6.45, 7) is 0. The summed E-state index contributed by atoms with van der Waals surface area (Å²) in [5.41, 5.74) is 0.652. The zero-order valence-corrected chi connectivity index (χ0v) is 16.3. The van der Waals surface area contributed by atoms with Gasteiger partial charge in [0.1, 0.15) is 5.75 Å². The Labute approximate surface area is 166 Å². The van der Waals surface area contributed by atoms with Crippen LogP contribution in [0.25, 0.3) is 11.5 Å². The van der Waals surface area contributed by atoms with Crippen LogP contribution in [0.5, 0.6) is 5.75 Å². The van der Waals surface area contributed by atoms with E-state index in [0.29, 0.717) is 16.3 Å². The molecule has 1 amide bonds. The van der Waals surface area contributed by atoms with Crippen molar-refractivity contribution in [3.05, 3.63) is 53.6 Å². The molecule has 0 unspecified atom stereocenters. The highest BCUT2D eigenvalue weighted by atomic mass is 35.5. The van der Waals surface area contributed by atoms with Gasteiger partial charge in [-0.25, -0.2) is 8.42 Å². The van der Waals surface area contributed by atoms with Gasteiger partial charge < -0.3 is 9.15 Å². The molecule has 0 radical (unpaired) electrons. The molecule has 0 spiro atoms. The van der Waals surface area contributed by atoms with Gasteiger partial charge in [-0.15, -0.1) is 5.10 Å². The van der Waals surface area contributed by atoms with Crippen LogP contribution in [-0.2, 0) is 14.6 Å². The maximum Gasteiger partial charge on any atom is 0.322 e. The molecular formula is C18H16ClN3O5S. The van der Waals surface area contributed by atoms with Crippen LogP contribution < -0.4 is 10.1 Å². The number of anilines is 1. The first-order valence-corrected chi connectivity index (χ1v) is 10.2. The molecular weight excluding hydrogens is 406 g/mol. The molecule has 1 aromatic heterocycles. The number of rotatable bonds is 7. The number of hydrogen-bond donors (Lipinski definition) is 1. The van der Waals surface area contributed by atoms with E-state index in [2.05, 4.69) is 15.5 Å². The van der Waals surface area contributed by atoms with E-state index in [4.69, 9.17) is 20.8 Å². The number of amides is 1. The van der Waals surface area contributed by atoms with E-state index >= 15 is 0 Å². The van der Waals surface area contributed by atoms with Crippen LogP contribution in [0.2, 0.25) is 5.02 Å². The Bertz CT molecular complexity index is 1060. The van der Waals surface area contributed by atoms with E-state index in [1.54, 1.807) is 31.4 Å². The summed E-state index contributed by atoms with van der Waals surface area (Å²) in [5, 5.41) is 10.4. The Morgan fingerprint density at radius 2 is 1.79 bits per heavy atom. The quantitative estimate of drug-likeness (QED) is 0.623. The lowest BCUT2D eigenvalue weighted by atomic mass is 10.2. The van der Waals surface area contributed by atoms with Gasteiger partial charge in [-0.3, -0.25) is 10.1 Å². The minimum Gasteiger partial charge on any atom is -0.497 e. The normalized spacial score (nSPS) is 11.2. The van der Waals surface area contributed by atoms with Gasteiger partial charge in [0.25, 0.3) is 0 Å². The van der Waals surface area contributed by atoms with Gasteiger partial charge in [-0.05, 0) is 48.5 Å². The fraction of sp³-hybridized carbons (Fsp3) is 0.167. The zero-order valence-electron chi connectivity index (χ0n) is 14.8. The zero-order chi connectivity index (χ0) is 20.1. The second-order valence-corrected chi connectivity index (χ2v) is 8.26. The van der Waals surface area contributed by atoms with Gasteiger partial charge in [0.05, 0.1) is 17.8 Å². The second-order valence-electron chi connectivity index (χ2n) is 5.71.